The smallest absolute Gasteiger partial charge is 0.220 e. The number of rotatable bonds is 5. The van der Waals surface area contributed by atoms with E-state index in [0.717, 1.165) is 38.3 Å². The van der Waals surface area contributed by atoms with Gasteiger partial charge in [-0.3, -0.25) is 4.79 Å². The van der Waals surface area contributed by atoms with Crippen molar-refractivity contribution in [2.45, 2.75) is 25.9 Å². The van der Waals surface area contributed by atoms with Gasteiger partial charge in [0, 0.05) is 18.8 Å². The van der Waals surface area contributed by atoms with Crippen LogP contribution in [0.2, 0.25) is 0 Å². The fourth-order valence-corrected chi connectivity index (χ4v) is 2.94. The van der Waals surface area contributed by atoms with Gasteiger partial charge in [0.2, 0.25) is 11.7 Å². The number of tetrazole rings is 1. The summed E-state index contributed by atoms with van der Waals surface area (Å²) in [5, 5.41) is 12.0. The van der Waals surface area contributed by atoms with Gasteiger partial charge >= 0.3 is 0 Å². The van der Waals surface area contributed by atoms with E-state index in [4.69, 9.17) is 5.73 Å². The number of nitrogens with zero attached hydrogens (tertiary/aromatic N) is 4. The standard InChI is InChI=1S/C15H20N6O/c16-15(22)13-6-8-20(9-7-13)11-14-17-18-19-21(14)10-12-4-2-1-3-5-12/h1-5,13H,6-11H2,(H2,16,22)/p+1. The fraction of sp³-hybridized carbons (Fsp3) is 0.467. The van der Waals surface area contributed by atoms with Crippen LogP contribution in [0.5, 0.6) is 0 Å². The Bertz CT molecular complexity index is 618. The number of quaternary nitrogens is 1. The van der Waals surface area contributed by atoms with Crippen molar-refractivity contribution in [1.82, 2.24) is 20.2 Å². The third kappa shape index (κ3) is 3.48. The first kappa shape index (κ1) is 14.6. The van der Waals surface area contributed by atoms with Crippen LogP contribution in [0.25, 0.3) is 0 Å². The lowest BCUT2D eigenvalue weighted by Crippen LogP contribution is -3.12. The van der Waals surface area contributed by atoms with Crippen LogP contribution < -0.4 is 10.6 Å². The summed E-state index contributed by atoms with van der Waals surface area (Å²) in [5.41, 5.74) is 6.55. The molecule has 1 aromatic heterocycles. The van der Waals surface area contributed by atoms with Crippen LogP contribution in [0.1, 0.15) is 24.2 Å². The predicted molar refractivity (Wildman–Crippen MR) is 79.7 cm³/mol. The summed E-state index contributed by atoms with van der Waals surface area (Å²) in [6.07, 6.45) is 1.70. The number of nitrogens with one attached hydrogen (secondary N) is 1. The zero-order valence-corrected chi connectivity index (χ0v) is 12.5. The minimum atomic E-state index is -0.173. The maximum atomic E-state index is 11.2. The summed E-state index contributed by atoms with van der Waals surface area (Å²) in [4.78, 5) is 12.6. The molecule has 1 aliphatic heterocycles. The normalized spacial score (nSPS) is 21.6. The van der Waals surface area contributed by atoms with Gasteiger partial charge < -0.3 is 10.6 Å². The van der Waals surface area contributed by atoms with Gasteiger partial charge in [0.25, 0.3) is 0 Å². The quantitative estimate of drug-likeness (QED) is 0.741. The largest absolute Gasteiger partial charge is 0.369 e. The Labute approximate surface area is 129 Å². The van der Waals surface area contributed by atoms with Gasteiger partial charge in [0.05, 0.1) is 19.6 Å². The van der Waals surface area contributed by atoms with E-state index >= 15 is 0 Å². The monoisotopic (exact) mass is 301 g/mol. The number of carbonyl (C=O) groups is 1. The predicted octanol–water partition coefficient (Wildman–Crippen LogP) is -0.998. The third-order valence-corrected chi connectivity index (χ3v) is 4.28. The minimum Gasteiger partial charge on any atom is -0.369 e. The average molecular weight is 301 g/mol. The van der Waals surface area contributed by atoms with E-state index in [2.05, 4.69) is 27.7 Å². The lowest BCUT2D eigenvalue weighted by molar-refractivity contribution is -0.920. The van der Waals surface area contributed by atoms with Gasteiger partial charge in [-0.15, -0.1) is 5.10 Å². The number of nitrogens with two attached hydrogens (primary N) is 1. The molecule has 0 radical (unpaired) electrons. The second kappa shape index (κ2) is 6.65. The maximum Gasteiger partial charge on any atom is 0.220 e. The zero-order chi connectivity index (χ0) is 15.4. The van der Waals surface area contributed by atoms with Crippen molar-refractivity contribution in [2.75, 3.05) is 13.1 Å². The highest BCUT2D eigenvalue weighted by Gasteiger charge is 2.27. The molecule has 0 saturated carbocycles. The Hall–Kier alpha value is -2.28. The van der Waals surface area contributed by atoms with Crippen LogP contribution in [-0.2, 0) is 17.9 Å². The molecule has 0 unspecified atom stereocenters. The first-order chi connectivity index (χ1) is 10.7. The van der Waals surface area contributed by atoms with Crippen molar-refractivity contribution >= 4 is 5.91 Å². The van der Waals surface area contributed by atoms with E-state index in [-0.39, 0.29) is 11.8 Å². The summed E-state index contributed by atoms with van der Waals surface area (Å²) in [6, 6.07) is 10.2. The van der Waals surface area contributed by atoms with E-state index in [9.17, 15) is 4.79 Å². The molecule has 1 saturated heterocycles. The number of primary amides is 1. The van der Waals surface area contributed by atoms with Crippen molar-refractivity contribution in [3.8, 4) is 0 Å². The Morgan fingerprint density at radius 2 is 2.00 bits per heavy atom. The lowest BCUT2D eigenvalue weighted by Gasteiger charge is -2.27. The molecule has 1 aliphatic rings. The number of amides is 1. The molecule has 1 aromatic carbocycles. The Kier molecular flexibility index (Phi) is 4.43. The molecule has 3 N–H and O–H groups in total. The van der Waals surface area contributed by atoms with Crippen LogP contribution >= 0.6 is 0 Å². The average Bonchev–Trinajstić information content (AvgIpc) is 2.96. The molecule has 1 amide bonds. The second-order valence-electron chi connectivity index (χ2n) is 5.84. The zero-order valence-electron chi connectivity index (χ0n) is 12.5. The lowest BCUT2D eigenvalue weighted by atomic mass is 9.96. The van der Waals surface area contributed by atoms with Crippen LogP contribution in [0, 0.1) is 5.92 Å². The first-order valence-corrected chi connectivity index (χ1v) is 7.64. The Balaban J connectivity index is 1.60. The molecule has 22 heavy (non-hydrogen) atoms. The minimum absolute atomic E-state index is 0.0315. The molecule has 0 aliphatic carbocycles. The van der Waals surface area contributed by atoms with Gasteiger partial charge in [-0.1, -0.05) is 30.3 Å². The van der Waals surface area contributed by atoms with Gasteiger partial charge in [0.1, 0.15) is 6.54 Å². The maximum absolute atomic E-state index is 11.2. The van der Waals surface area contributed by atoms with Crippen molar-refractivity contribution < 1.29 is 9.69 Å². The number of piperidine rings is 1. The van der Waals surface area contributed by atoms with E-state index in [1.807, 2.05) is 22.9 Å². The number of likely N-dealkylation sites (tertiary alicyclic amines) is 1. The number of benzene rings is 1. The van der Waals surface area contributed by atoms with Crippen LogP contribution in [0.4, 0.5) is 0 Å². The number of hydrogen-bond acceptors (Lipinski definition) is 4. The fourth-order valence-electron chi connectivity index (χ4n) is 2.94. The van der Waals surface area contributed by atoms with Crippen molar-refractivity contribution in [3.05, 3.63) is 41.7 Å². The molecular formula is C15H21N6O+. The van der Waals surface area contributed by atoms with Crippen molar-refractivity contribution in [3.63, 3.8) is 0 Å². The molecular weight excluding hydrogens is 280 g/mol. The molecule has 7 heteroatoms. The highest BCUT2D eigenvalue weighted by Crippen LogP contribution is 2.08. The van der Waals surface area contributed by atoms with Crippen molar-refractivity contribution in [1.29, 1.82) is 0 Å². The molecule has 3 rings (SSSR count). The molecule has 2 heterocycles. The molecule has 0 bridgehead atoms. The highest BCUT2D eigenvalue weighted by atomic mass is 16.1. The van der Waals surface area contributed by atoms with Gasteiger partial charge in [0.15, 0.2) is 0 Å². The summed E-state index contributed by atoms with van der Waals surface area (Å²) in [6.45, 7) is 3.34. The second-order valence-corrected chi connectivity index (χ2v) is 5.84. The molecule has 1 fully saturated rings. The van der Waals surface area contributed by atoms with E-state index in [1.165, 1.54) is 10.5 Å². The summed E-state index contributed by atoms with van der Waals surface area (Å²) in [5.74, 6) is 0.744. The van der Waals surface area contributed by atoms with Gasteiger partial charge in [-0.2, -0.15) is 0 Å². The van der Waals surface area contributed by atoms with Crippen LogP contribution in [0.15, 0.2) is 30.3 Å². The van der Waals surface area contributed by atoms with E-state index in [0.29, 0.717) is 6.54 Å². The third-order valence-electron chi connectivity index (χ3n) is 4.28. The number of hydrogen-bond donors (Lipinski definition) is 2. The molecule has 0 spiro atoms. The molecule has 0 atom stereocenters. The van der Waals surface area contributed by atoms with Crippen molar-refractivity contribution in [2.24, 2.45) is 11.7 Å². The Morgan fingerprint density at radius 1 is 1.27 bits per heavy atom. The topological polar surface area (TPSA) is 91.1 Å². The molecule has 2 aromatic rings. The Morgan fingerprint density at radius 3 is 2.68 bits per heavy atom. The van der Waals surface area contributed by atoms with Gasteiger partial charge in [-0.25, -0.2) is 4.68 Å². The summed E-state index contributed by atoms with van der Waals surface area (Å²) >= 11 is 0. The molecule has 116 valence electrons. The number of aromatic nitrogens is 4. The van der Waals surface area contributed by atoms with Crippen LogP contribution in [0.3, 0.4) is 0 Å². The van der Waals surface area contributed by atoms with E-state index in [1.54, 1.807) is 0 Å². The number of carbonyl (C=O) groups excluding carboxylic acids is 1. The first-order valence-electron chi connectivity index (χ1n) is 7.64. The van der Waals surface area contributed by atoms with Gasteiger partial charge in [-0.05, 0) is 16.0 Å². The van der Waals surface area contributed by atoms with E-state index < -0.39 is 0 Å². The highest BCUT2D eigenvalue weighted by molar-refractivity contribution is 5.76. The van der Waals surface area contributed by atoms with Crippen LogP contribution in [-0.4, -0.2) is 39.2 Å². The SMILES string of the molecule is NC(=O)C1CC[NH+](Cc2nnnn2Cc2ccccc2)CC1. The molecule has 7 nitrogen and oxygen atoms in total. The summed E-state index contributed by atoms with van der Waals surface area (Å²) < 4.78 is 1.85. The summed E-state index contributed by atoms with van der Waals surface area (Å²) in [7, 11) is 0.